The van der Waals surface area contributed by atoms with Crippen LogP contribution in [0.1, 0.15) is 11.1 Å². The second-order valence-electron chi connectivity index (χ2n) is 4.76. The fourth-order valence-electron chi connectivity index (χ4n) is 2.28. The molecule has 0 saturated heterocycles. The predicted molar refractivity (Wildman–Crippen MR) is 82.2 cm³/mol. The van der Waals surface area contributed by atoms with E-state index in [0.717, 1.165) is 27.7 Å². The maximum Gasteiger partial charge on any atom is 0.255 e. The van der Waals surface area contributed by atoms with Crippen molar-refractivity contribution in [2.24, 2.45) is 0 Å². The van der Waals surface area contributed by atoms with Crippen LogP contribution in [0.2, 0.25) is 0 Å². The summed E-state index contributed by atoms with van der Waals surface area (Å²) in [5, 5.41) is 0.990. The molecule has 0 fully saturated rings. The molecule has 96 valence electrons. The topological polar surface area (TPSA) is 22.0 Å². The Bertz CT molecular complexity index is 880. The smallest absolute Gasteiger partial charge is 0.255 e. The highest BCUT2D eigenvalue weighted by molar-refractivity contribution is 5.82. The molecule has 0 aliphatic rings. The first-order valence-electron chi connectivity index (χ1n) is 6.38. The molecule has 0 spiro atoms. The van der Waals surface area contributed by atoms with Crippen LogP contribution in [-0.2, 0) is 0 Å². The zero-order valence-corrected chi connectivity index (χ0v) is 11.1. The molecule has 1 aromatic heterocycles. The minimum Gasteiger partial charge on any atom is -0.277 e. The Morgan fingerprint density at radius 2 is 1.70 bits per heavy atom. The van der Waals surface area contributed by atoms with Crippen molar-refractivity contribution < 1.29 is 0 Å². The molecule has 2 heteroatoms. The number of terminal acetylenes is 1. The molecule has 0 aliphatic heterocycles. The molecule has 0 bridgehead atoms. The average Bonchev–Trinajstić information content (AvgIpc) is 2.48. The zero-order chi connectivity index (χ0) is 14.1. The molecular formula is C18H13NO. The van der Waals surface area contributed by atoms with Gasteiger partial charge in [0, 0.05) is 17.3 Å². The van der Waals surface area contributed by atoms with Gasteiger partial charge in [-0.25, -0.2) is 0 Å². The zero-order valence-electron chi connectivity index (χ0n) is 11.1. The molecule has 1 heterocycles. The highest BCUT2D eigenvalue weighted by Crippen LogP contribution is 2.18. The molecule has 0 radical (unpaired) electrons. The van der Waals surface area contributed by atoms with E-state index in [4.69, 9.17) is 6.42 Å². The normalized spacial score (nSPS) is 10.4. The lowest BCUT2D eigenvalue weighted by molar-refractivity contribution is 1.04. The summed E-state index contributed by atoms with van der Waals surface area (Å²) >= 11 is 0. The number of nitrogens with zero attached hydrogens (tertiary/aromatic N) is 1. The molecule has 0 unspecified atom stereocenters. The van der Waals surface area contributed by atoms with Gasteiger partial charge in [-0.2, -0.15) is 0 Å². The summed E-state index contributed by atoms with van der Waals surface area (Å²) in [5.41, 5.74) is 3.54. The van der Waals surface area contributed by atoms with Gasteiger partial charge < -0.3 is 0 Å². The van der Waals surface area contributed by atoms with E-state index in [2.05, 4.69) is 5.92 Å². The quantitative estimate of drug-likeness (QED) is 0.615. The van der Waals surface area contributed by atoms with Crippen molar-refractivity contribution in [1.29, 1.82) is 0 Å². The van der Waals surface area contributed by atoms with Gasteiger partial charge in [0.2, 0.25) is 0 Å². The predicted octanol–water partition coefficient (Wildman–Crippen LogP) is 3.28. The minimum atomic E-state index is -0.0597. The molecule has 0 atom stereocenters. The Morgan fingerprint density at radius 3 is 2.40 bits per heavy atom. The lowest BCUT2D eigenvalue weighted by atomic mass is 10.1. The molecule has 0 saturated carbocycles. The summed E-state index contributed by atoms with van der Waals surface area (Å²) in [6.07, 6.45) is 5.45. The SMILES string of the molecule is C#Cc1ccc2ccc(=O)n(-c3ccc(C)cc3)c2c1. The monoisotopic (exact) mass is 259 g/mol. The number of pyridine rings is 1. The molecule has 0 aliphatic carbocycles. The van der Waals surface area contributed by atoms with Gasteiger partial charge >= 0.3 is 0 Å². The van der Waals surface area contributed by atoms with Gasteiger partial charge in [0.05, 0.1) is 5.52 Å². The third kappa shape index (κ3) is 2.00. The van der Waals surface area contributed by atoms with Crippen molar-refractivity contribution in [2.75, 3.05) is 0 Å². The number of aryl methyl sites for hydroxylation is 1. The van der Waals surface area contributed by atoms with Crippen molar-refractivity contribution in [3.8, 4) is 18.0 Å². The van der Waals surface area contributed by atoms with Gasteiger partial charge in [-0.15, -0.1) is 6.42 Å². The largest absolute Gasteiger partial charge is 0.277 e. The van der Waals surface area contributed by atoms with Crippen molar-refractivity contribution >= 4 is 10.9 Å². The van der Waals surface area contributed by atoms with Gasteiger partial charge in [-0.05, 0) is 42.6 Å². The lowest BCUT2D eigenvalue weighted by Gasteiger charge is -2.10. The molecule has 0 N–H and O–H groups in total. The lowest BCUT2D eigenvalue weighted by Crippen LogP contribution is -2.17. The van der Waals surface area contributed by atoms with E-state index < -0.39 is 0 Å². The summed E-state index contributed by atoms with van der Waals surface area (Å²) in [6.45, 7) is 2.02. The molecule has 3 aromatic rings. The van der Waals surface area contributed by atoms with Crippen LogP contribution in [0.4, 0.5) is 0 Å². The number of fused-ring (bicyclic) bond motifs is 1. The fraction of sp³-hybridized carbons (Fsp3) is 0.0556. The van der Waals surface area contributed by atoms with Gasteiger partial charge in [0.25, 0.3) is 5.56 Å². The van der Waals surface area contributed by atoms with E-state index in [9.17, 15) is 4.79 Å². The van der Waals surface area contributed by atoms with E-state index >= 15 is 0 Å². The van der Waals surface area contributed by atoms with Crippen LogP contribution < -0.4 is 5.56 Å². The first-order valence-corrected chi connectivity index (χ1v) is 6.38. The first-order chi connectivity index (χ1) is 9.69. The van der Waals surface area contributed by atoms with Crippen LogP contribution in [-0.4, -0.2) is 4.57 Å². The second-order valence-corrected chi connectivity index (χ2v) is 4.76. The summed E-state index contributed by atoms with van der Waals surface area (Å²) in [6, 6.07) is 17.0. The Balaban J connectivity index is 2.39. The van der Waals surface area contributed by atoms with Crippen LogP contribution in [0.25, 0.3) is 16.6 Å². The number of aromatic nitrogens is 1. The molecule has 2 nitrogen and oxygen atoms in total. The summed E-state index contributed by atoms with van der Waals surface area (Å²) in [7, 11) is 0. The summed E-state index contributed by atoms with van der Waals surface area (Å²) in [4.78, 5) is 12.2. The van der Waals surface area contributed by atoms with Crippen LogP contribution in [0.15, 0.2) is 59.4 Å². The van der Waals surface area contributed by atoms with E-state index in [1.807, 2.05) is 55.5 Å². The second kappa shape index (κ2) is 4.71. The number of rotatable bonds is 1. The summed E-state index contributed by atoms with van der Waals surface area (Å²) < 4.78 is 1.69. The Hall–Kier alpha value is -2.79. The van der Waals surface area contributed by atoms with Gasteiger partial charge in [0.1, 0.15) is 0 Å². The Kier molecular flexibility index (Phi) is 2.89. The average molecular weight is 259 g/mol. The summed E-state index contributed by atoms with van der Waals surface area (Å²) in [5.74, 6) is 2.61. The van der Waals surface area contributed by atoms with Crippen LogP contribution in [0, 0.1) is 19.3 Å². The number of hydrogen-bond acceptors (Lipinski definition) is 1. The van der Waals surface area contributed by atoms with Gasteiger partial charge in [-0.3, -0.25) is 9.36 Å². The highest BCUT2D eigenvalue weighted by Gasteiger charge is 2.05. The highest BCUT2D eigenvalue weighted by atomic mass is 16.1. The molecule has 0 amide bonds. The molecule has 2 aromatic carbocycles. The molecule has 3 rings (SSSR count). The van der Waals surface area contributed by atoms with Crippen LogP contribution >= 0.6 is 0 Å². The fourth-order valence-corrected chi connectivity index (χ4v) is 2.28. The van der Waals surface area contributed by atoms with Gasteiger partial charge in [0.15, 0.2) is 0 Å². The van der Waals surface area contributed by atoms with Gasteiger partial charge in [-0.1, -0.05) is 29.7 Å². The van der Waals surface area contributed by atoms with E-state index in [0.29, 0.717) is 0 Å². The Morgan fingerprint density at radius 1 is 1.00 bits per heavy atom. The maximum atomic E-state index is 12.2. The van der Waals surface area contributed by atoms with Crippen molar-refractivity contribution in [1.82, 2.24) is 4.57 Å². The van der Waals surface area contributed by atoms with Crippen LogP contribution in [0.3, 0.4) is 0 Å². The standard InChI is InChI=1S/C18H13NO/c1-3-14-6-7-15-8-11-18(20)19(17(15)12-14)16-9-4-13(2)5-10-16/h1,4-12H,2H3. The maximum absolute atomic E-state index is 12.2. The van der Waals surface area contributed by atoms with Crippen LogP contribution in [0.5, 0.6) is 0 Å². The number of benzene rings is 2. The Labute approximate surface area is 117 Å². The van der Waals surface area contributed by atoms with E-state index in [-0.39, 0.29) is 5.56 Å². The molecular weight excluding hydrogens is 246 g/mol. The third-order valence-corrected chi connectivity index (χ3v) is 3.36. The van der Waals surface area contributed by atoms with E-state index in [1.165, 1.54) is 0 Å². The molecule has 20 heavy (non-hydrogen) atoms. The van der Waals surface area contributed by atoms with Crippen molar-refractivity contribution in [2.45, 2.75) is 6.92 Å². The van der Waals surface area contributed by atoms with Crippen molar-refractivity contribution in [3.63, 3.8) is 0 Å². The van der Waals surface area contributed by atoms with Crippen molar-refractivity contribution in [3.05, 3.63) is 76.1 Å². The number of hydrogen-bond donors (Lipinski definition) is 0. The minimum absolute atomic E-state index is 0.0597. The first kappa shape index (κ1) is 12.3. The third-order valence-electron chi connectivity index (χ3n) is 3.36. The van der Waals surface area contributed by atoms with E-state index in [1.54, 1.807) is 10.6 Å².